The van der Waals surface area contributed by atoms with Gasteiger partial charge in [-0.3, -0.25) is 4.72 Å². The van der Waals surface area contributed by atoms with Crippen LogP contribution in [0.5, 0.6) is 5.75 Å². The highest BCUT2D eigenvalue weighted by Crippen LogP contribution is 2.14. The molecule has 0 bridgehead atoms. The quantitative estimate of drug-likeness (QED) is 0.497. The molecular formula is C21H24N2O4S. The van der Waals surface area contributed by atoms with Crippen LogP contribution in [0, 0.1) is 6.92 Å². The molecule has 0 aromatic heterocycles. The summed E-state index contributed by atoms with van der Waals surface area (Å²) in [6, 6.07) is 14.0. The molecule has 0 fully saturated rings. The molecular weight excluding hydrogens is 376 g/mol. The molecule has 2 rings (SSSR count). The second kappa shape index (κ2) is 9.66. The van der Waals surface area contributed by atoms with E-state index in [0.717, 1.165) is 16.9 Å². The Morgan fingerprint density at radius 3 is 2.32 bits per heavy atom. The SMILES string of the molecule is C=C(/C=C\C(=C/N)OCc1ccc(OC)cc1)NS(=O)(=O)c1ccc(C)cc1. The first kappa shape index (κ1) is 21.1. The lowest BCUT2D eigenvalue weighted by Crippen LogP contribution is -2.21. The molecule has 148 valence electrons. The molecule has 0 spiro atoms. The number of nitrogens with two attached hydrogens (primary N) is 1. The Kier molecular flexibility index (Phi) is 7.28. The number of hydrogen-bond acceptors (Lipinski definition) is 5. The maximum absolute atomic E-state index is 12.3. The van der Waals surface area contributed by atoms with Crippen LogP contribution in [0.2, 0.25) is 0 Å². The van der Waals surface area contributed by atoms with Crippen molar-refractivity contribution in [1.82, 2.24) is 4.72 Å². The molecule has 0 atom stereocenters. The summed E-state index contributed by atoms with van der Waals surface area (Å²) in [7, 11) is -2.09. The third-order valence-electron chi connectivity index (χ3n) is 3.77. The normalized spacial score (nSPS) is 12.0. The van der Waals surface area contributed by atoms with Gasteiger partial charge in [0.15, 0.2) is 0 Å². The number of benzene rings is 2. The summed E-state index contributed by atoms with van der Waals surface area (Å²) in [5, 5.41) is 0. The molecule has 6 nitrogen and oxygen atoms in total. The molecule has 28 heavy (non-hydrogen) atoms. The maximum atomic E-state index is 12.3. The number of nitrogens with one attached hydrogen (secondary N) is 1. The van der Waals surface area contributed by atoms with Crippen LogP contribution >= 0.6 is 0 Å². The van der Waals surface area contributed by atoms with Crippen molar-refractivity contribution in [2.75, 3.05) is 7.11 Å². The summed E-state index contributed by atoms with van der Waals surface area (Å²) >= 11 is 0. The summed E-state index contributed by atoms with van der Waals surface area (Å²) in [5.74, 6) is 1.14. The van der Waals surface area contributed by atoms with E-state index >= 15 is 0 Å². The fourth-order valence-electron chi connectivity index (χ4n) is 2.21. The molecule has 7 heteroatoms. The van der Waals surface area contributed by atoms with Gasteiger partial charge in [0.05, 0.1) is 12.0 Å². The number of sulfonamides is 1. The van der Waals surface area contributed by atoms with Gasteiger partial charge in [0.1, 0.15) is 18.1 Å². The van der Waals surface area contributed by atoms with E-state index in [4.69, 9.17) is 15.2 Å². The van der Waals surface area contributed by atoms with Gasteiger partial charge in [-0.15, -0.1) is 0 Å². The number of hydrogen-bond donors (Lipinski definition) is 2. The molecule has 2 aromatic rings. The Morgan fingerprint density at radius 2 is 1.75 bits per heavy atom. The van der Waals surface area contributed by atoms with Crippen LogP contribution in [-0.2, 0) is 21.4 Å². The van der Waals surface area contributed by atoms with Crippen molar-refractivity contribution in [3.8, 4) is 5.75 Å². The summed E-state index contributed by atoms with van der Waals surface area (Å²) in [5.41, 5.74) is 7.68. The lowest BCUT2D eigenvalue weighted by molar-refractivity contribution is 0.210. The fourth-order valence-corrected chi connectivity index (χ4v) is 3.23. The molecule has 0 amide bonds. The Morgan fingerprint density at radius 1 is 1.11 bits per heavy atom. The van der Waals surface area contributed by atoms with E-state index in [1.165, 1.54) is 24.4 Å². The number of ether oxygens (including phenoxy) is 2. The molecule has 0 saturated heterocycles. The topological polar surface area (TPSA) is 90.7 Å². The van der Waals surface area contributed by atoms with E-state index in [-0.39, 0.29) is 10.6 Å². The molecule has 0 aliphatic heterocycles. The number of aryl methyl sites for hydroxylation is 1. The summed E-state index contributed by atoms with van der Waals surface area (Å²) in [6.45, 7) is 5.90. The highest BCUT2D eigenvalue weighted by atomic mass is 32.2. The molecule has 0 aliphatic rings. The van der Waals surface area contributed by atoms with Crippen molar-refractivity contribution in [3.05, 3.63) is 96.0 Å². The van der Waals surface area contributed by atoms with Gasteiger partial charge >= 0.3 is 0 Å². The summed E-state index contributed by atoms with van der Waals surface area (Å²) < 4.78 is 37.8. The van der Waals surface area contributed by atoms with Gasteiger partial charge in [0.25, 0.3) is 10.0 Å². The largest absolute Gasteiger partial charge is 0.497 e. The van der Waals surface area contributed by atoms with Gasteiger partial charge in [-0.05, 0) is 48.9 Å². The van der Waals surface area contributed by atoms with Gasteiger partial charge in [-0.1, -0.05) is 36.4 Å². The minimum Gasteiger partial charge on any atom is -0.497 e. The lowest BCUT2D eigenvalue weighted by atomic mass is 10.2. The minimum absolute atomic E-state index is 0.165. The first-order chi connectivity index (χ1) is 13.3. The molecule has 0 heterocycles. The average Bonchev–Trinajstić information content (AvgIpc) is 2.68. The van der Waals surface area contributed by atoms with Gasteiger partial charge in [-0.2, -0.15) is 0 Å². The van der Waals surface area contributed by atoms with Crippen molar-refractivity contribution in [2.24, 2.45) is 5.73 Å². The van der Waals surface area contributed by atoms with Gasteiger partial charge in [0, 0.05) is 11.9 Å². The van der Waals surface area contributed by atoms with E-state index in [1.807, 2.05) is 31.2 Å². The predicted octanol–water partition coefficient (Wildman–Crippen LogP) is 3.37. The van der Waals surface area contributed by atoms with Gasteiger partial charge < -0.3 is 15.2 Å². The second-order valence-corrected chi connectivity index (χ2v) is 7.67. The Hall–Kier alpha value is -3.19. The van der Waals surface area contributed by atoms with Crippen LogP contribution in [0.15, 0.2) is 89.8 Å². The fraction of sp³-hybridized carbons (Fsp3) is 0.143. The van der Waals surface area contributed by atoms with E-state index in [9.17, 15) is 8.42 Å². The second-order valence-electron chi connectivity index (χ2n) is 5.98. The van der Waals surface area contributed by atoms with Crippen LogP contribution in [0.1, 0.15) is 11.1 Å². The zero-order valence-corrected chi connectivity index (χ0v) is 16.7. The van der Waals surface area contributed by atoms with E-state index in [0.29, 0.717) is 12.4 Å². The Labute approximate surface area is 166 Å². The third-order valence-corrected chi connectivity index (χ3v) is 5.20. The van der Waals surface area contributed by atoms with Crippen LogP contribution in [0.4, 0.5) is 0 Å². The van der Waals surface area contributed by atoms with E-state index in [2.05, 4.69) is 11.3 Å². The standard InChI is InChI=1S/C21H24N2O4S/c1-16-4-12-21(13-5-16)28(24,25)23-17(2)6-9-20(14-22)27-15-18-7-10-19(26-3)11-8-18/h4-14,23H,2,15,22H2,1,3H3/b9-6-,20-14+. The maximum Gasteiger partial charge on any atom is 0.261 e. The Balaban J connectivity index is 1.94. The highest BCUT2D eigenvalue weighted by Gasteiger charge is 2.13. The van der Waals surface area contributed by atoms with Crippen LogP contribution in [0.25, 0.3) is 0 Å². The zero-order chi connectivity index (χ0) is 20.6. The highest BCUT2D eigenvalue weighted by molar-refractivity contribution is 7.89. The molecule has 0 saturated carbocycles. The Bertz CT molecular complexity index is 960. The van der Waals surface area contributed by atoms with Gasteiger partial charge in [-0.25, -0.2) is 8.42 Å². The first-order valence-corrected chi connectivity index (χ1v) is 9.96. The molecule has 2 aromatic carbocycles. The number of allylic oxidation sites excluding steroid dienone is 2. The molecule has 0 aliphatic carbocycles. The predicted molar refractivity (Wildman–Crippen MR) is 110 cm³/mol. The van der Waals surface area contributed by atoms with Crippen LogP contribution in [-0.4, -0.2) is 15.5 Å². The van der Waals surface area contributed by atoms with Crippen LogP contribution < -0.4 is 15.2 Å². The number of methoxy groups -OCH3 is 1. The van der Waals surface area contributed by atoms with Crippen molar-refractivity contribution in [2.45, 2.75) is 18.4 Å². The van der Waals surface area contributed by atoms with Gasteiger partial charge in [0.2, 0.25) is 0 Å². The number of rotatable bonds is 9. The first-order valence-electron chi connectivity index (χ1n) is 8.48. The summed E-state index contributed by atoms with van der Waals surface area (Å²) in [4.78, 5) is 0.165. The molecule has 0 radical (unpaired) electrons. The van der Waals surface area contributed by atoms with Crippen LogP contribution in [0.3, 0.4) is 0 Å². The lowest BCUT2D eigenvalue weighted by Gasteiger charge is -2.09. The van der Waals surface area contributed by atoms with E-state index in [1.54, 1.807) is 25.3 Å². The van der Waals surface area contributed by atoms with Crippen molar-refractivity contribution >= 4 is 10.0 Å². The van der Waals surface area contributed by atoms with Crippen molar-refractivity contribution in [1.29, 1.82) is 0 Å². The van der Waals surface area contributed by atoms with E-state index < -0.39 is 10.0 Å². The smallest absolute Gasteiger partial charge is 0.261 e. The average molecular weight is 401 g/mol. The summed E-state index contributed by atoms with van der Waals surface area (Å²) in [6.07, 6.45) is 4.32. The molecule has 3 N–H and O–H groups in total. The zero-order valence-electron chi connectivity index (χ0n) is 15.9. The minimum atomic E-state index is -3.70. The third kappa shape index (κ3) is 6.21. The molecule has 0 unspecified atom stereocenters. The van der Waals surface area contributed by atoms with Crippen molar-refractivity contribution < 1.29 is 17.9 Å². The van der Waals surface area contributed by atoms with Crippen molar-refractivity contribution in [3.63, 3.8) is 0 Å². The monoisotopic (exact) mass is 400 g/mol.